The quantitative estimate of drug-likeness (QED) is 0.860. The normalized spacial score (nSPS) is 11.2. The van der Waals surface area contributed by atoms with Gasteiger partial charge in [-0.25, -0.2) is 8.78 Å². The average Bonchev–Trinajstić information content (AvgIpc) is 2.85. The fourth-order valence-electron chi connectivity index (χ4n) is 1.35. The van der Waals surface area contributed by atoms with E-state index in [2.05, 4.69) is 22.8 Å². The van der Waals surface area contributed by atoms with Crippen LogP contribution in [0.2, 0.25) is 0 Å². The highest BCUT2D eigenvalue weighted by atomic mass is 32.1. The van der Waals surface area contributed by atoms with Crippen LogP contribution in [0.4, 0.5) is 8.78 Å². The molecule has 5 heteroatoms. The summed E-state index contributed by atoms with van der Waals surface area (Å²) in [4.78, 5) is 2.31. The van der Waals surface area contributed by atoms with Gasteiger partial charge in [0.25, 0.3) is 6.43 Å². The van der Waals surface area contributed by atoms with E-state index in [0.717, 1.165) is 4.88 Å². The molecule has 0 saturated carbocycles. The van der Waals surface area contributed by atoms with E-state index >= 15 is 0 Å². The van der Waals surface area contributed by atoms with Crippen LogP contribution in [0.25, 0.3) is 10.4 Å². The van der Waals surface area contributed by atoms with Crippen LogP contribution in [-0.4, -0.2) is 13.0 Å². The first-order chi connectivity index (χ1) is 7.75. The first kappa shape index (κ1) is 11.7. The Hall–Kier alpha value is -0.780. The van der Waals surface area contributed by atoms with Gasteiger partial charge >= 0.3 is 0 Å². The lowest BCUT2D eigenvalue weighted by atomic mass is 10.2. The van der Waals surface area contributed by atoms with Crippen molar-refractivity contribution in [3.8, 4) is 10.4 Å². The summed E-state index contributed by atoms with van der Waals surface area (Å²) in [5, 5.41) is 6.81. The van der Waals surface area contributed by atoms with Gasteiger partial charge in [-0.05, 0) is 22.9 Å². The minimum Gasteiger partial charge on any atom is -0.306 e. The Bertz CT molecular complexity index is 423. The van der Waals surface area contributed by atoms with Gasteiger partial charge < -0.3 is 5.32 Å². The minimum absolute atomic E-state index is 0.244. The van der Waals surface area contributed by atoms with Crippen LogP contribution < -0.4 is 5.32 Å². The van der Waals surface area contributed by atoms with E-state index in [4.69, 9.17) is 0 Å². The summed E-state index contributed by atoms with van der Waals surface area (Å²) in [6, 6.07) is 6.12. The zero-order valence-electron chi connectivity index (χ0n) is 8.45. The molecular formula is C11H11F2NS2. The second-order valence-corrected chi connectivity index (χ2v) is 5.24. The van der Waals surface area contributed by atoms with Crippen molar-refractivity contribution in [3.05, 3.63) is 33.8 Å². The molecule has 1 nitrogen and oxygen atoms in total. The van der Waals surface area contributed by atoms with Crippen LogP contribution in [0.15, 0.2) is 29.0 Å². The molecule has 0 aliphatic rings. The maximum absolute atomic E-state index is 11.9. The summed E-state index contributed by atoms with van der Waals surface area (Å²) >= 11 is 3.28. The Morgan fingerprint density at radius 1 is 1.31 bits per heavy atom. The van der Waals surface area contributed by atoms with Crippen LogP contribution in [0, 0.1) is 0 Å². The Kier molecular flexibility index (Phi) is 4.04. The molecule has 0 spiro atoms. The maximum Gasteiger partial charge on any atom is 0.250 e. The molecule has 0 aliphatic heterocycles. The molecule has 0 fully saturated rings. The van der Waals surface area contributed by atoms with Crippen LogP contribution in [0.1, 0.15) is 4.88 Å². The van der Waals surface area contributed by atoms with Gasteiger partial charge in [0.1, 0.15) is 0 Å². The van der Waals surface area contributed by atoms with Crippen LogP contribution in [-0.2, 0) is 6.54 Å². The average molecular weight is 259 g/mol. The molecule has 0 aromatic carbocycles. The van der Waals surface area contributed by atoms with Gasteiger partial charge in [0.05, 0.1) is 6.54 Å². The molecule has 2 aromatic heterocycles. The van der Waals surface area contributed by atoms with Gasteiger partial charge in [-0.3, -0.25) is 0 Å². The highest BCUT2D eigenvalue weighted by molar-refractivity contribution is 7.14. The van der Waals surface area contributed by atoms with Gasteiger partial charge in [-0.1, -0.05) is 6.07 Å². The van der Waals surface area contributed by atoms with Crippen molar-refractivity contribution in [1.82, 2.24) is 5.32 Å². The molecule has 1 N–H and O–H groups in total. The van der Waals surface area contributed by atoms with Gasteiger partial charge in [0, 0.05) is 21.9 Å². The van der Waals surface area contributed by atoms with Gasteiger partial charge in [-0.15, -0.1) is 22.7 Å². The van der Waals surface area contributed by atoms with Crippen molar-refractivity contribution in [1.29, 1.82) is 0 Å². The van der Waals surface area contributed by atoms with Gasteiger partial charge in [-0.2, -0.15) is 0 Å². The molecule has 0 radical (unpaired) electrons. The number of alkyl halides is 2. The minimum atomic E-state index is -2.28. The summed E-state index contributed by atoms with van der Waals surface area (Å²) in [6.45, 7) is 0.270. The fraction of sp³-hybridized carbons (Fsp3) is 0.273. The molecule has 2 rings (SSSR count). The number of hydrogen-bond acceptors (Lipinski definition) is 3. The summed E-state index contributed by atoms with van der Waals surface area (Å²) in [7, 11) is 0. The predicted molar refractivity (Wildman–Crippen MR) is 65.3 cm³/mol. The Labute approximate surface area is 101 Å². The largest absolute Gasteiger partial charge is 0.306 e. The number of rotatable bonds is 5. The highest BCUT2D eigenvalue weighted by Gasteiger charge is 2.05. The smallest absolute Gasteiger partial charge is 0.250 e. The summed E-state index contributed by atoms with van der Waals surface area (Å²) in [5.74, 6) is 0. The molecular weight excluding hydrogens is 248 g/mol. The predicted octanol–water partition coefficient (Wildman–Crippen LogP) is 3.83. The third kappa shape index (κ3) is 3.10. The van der Waals surface area contributed by atoms with Crippen molar-refractivity contribution in [2.45, 2.75) is 13.0 Å². The second kappa shape index (κ2) is 5.52. The van der Waals surface area contributed by atoms with Crippen molar-refractivity contribution < 1.29 is 8.78 Å². The van der Waals surface area contributed by atoms with Crippen molar-refractivity contribution >= 4 is 22.7 Å². The zero-order chi connectivity index (χ0) is 11.4. The number of halogens is 2. The van der Waals surface area contributed by atoms with Crippen LogP contribution >= 0.6 is 22.7 Å². The molecule has 0 saturated heterocycles. The Morgan fingerprint density at radius 3 is 2.88 bits per heavy atom. The van der Waals surface area contributed by atoms with E-state index in [1.165, 1.54) is 10.4 Å². The van der Waals surface area contributed by atoms with Crippen molar-refractivity contribution in [2.75, 3.05) is 6.54 Å². The summed E-state index contributed by atoms with van der Waals surface area (Å²) in [6.07, 6.45) is -2.28. The van der Waals surface area contributed by atoms with Crippen molar-refractivity contribution in [3.63, 3.8) is 0 Å². The second-order valence-electron chi connectivity index (χ2n) is 3.30. The van der Waals surface area contributed by atoms with E-state index in [9.17, 15) is 8.78 Å². The number of nitrogens with one attached hydrogen (secondary N) is 1. The van der Waals surface area contributed by atoms with Crippen LogP contribution in [0.3, 0.4) is 0 Å². The Balaban J connectivity index is 1.93. The molecule has 0 atom stereocenters. The van der Waals surface area contributed by atoms with E-state index in [1.54, 1.807) is 22.7 Å². The summed E-state index contributed by atoms with van der Waals surface area (Å²) in [5.41, 5.74) is 1.17. The lowest BCUT2D eigenvalue weighted by Gasteiger charge is -2.00. The number of thiophene rings is 2. The lowest BCUT2D eigenvalue weighted by molar-refractivity contribution is 0.145. The third-order valence-electron chi connectivity index (χ3n) is 2.06. The molecule has 0 aliphatic carbocycles. The lowest BCUT2D eigenvalue weighted by Crippen LogP contribution is -2.19. The van der Waals surface area contributed by atoms with E-state index in [-0.39, 0.29) is 6.54 Å². The third-order valence-corrected chi connectivity index (χ3v) is 3.91. The highest BCUT2D eigenvalue weighted by Crippen LogP contribution is 2.29. The fourth-order valence-corrected chi connectivity index (χ4v) is 2.99. The van der Waals surface area contributed by atoms with Crippen LogP contribution in [0.5, 0.6) is 0 Å². The molecule has 2 aromatic rings. The first-order valence-corrected chi connectivity index (χ1v) is 6.62. The van der Waals surface area contributed by atoms with E-state index in [0.29, 0.717) is 6.54 Å². The molecule has 0 bridgehead atoms. The molecule has 2 heterocycles. The summed E-state index contributed by atoms with van der Waals surface area (Å²) < 4.78 is 23.8. The topological polar surface area (TPSA) is 12.0 Å². The molecule has 0 amide bonds. The standard InChI is InChI=1S/C11H11F2NS2/c12-11(13)6-14-5-9-4-8(7-16-9)10-2-1-3-15-10/h1-4,7,11,14H,5-6H2. The first-order valence-electron chi connectivity index (χ1n) is 4.86. The Morgan fingerprint density at radius 2 is 2.19 bits per heavy atom. The van der Waals surface area contributed by atoms with E-state index in [1.807, 2.05) is 11.4 Å². The van der Waals surface area contributed by atoms with E-state index < -0.39 is 6.43 Å². The van der Waals surface area contributed by atoms with Gasteiger partial charge in [0.2, 0.25) is 0 Å². The van der Waals surface area contributed by atoms with Gasteiger partial charge in [0.15, 0.2) is 0 Å². The molecule has 16 heavy (non-hydrogen) atoms. The number of hydrogen-bond donors (Lipinski definition) is 1. The van der Waals surface area contributed by atoms with Crippen molar-refractivity contribution in [2.24, 2.45) is 0 Å². The maximum atomic E-state index is 11.9. The SMILES string of the molecule is FC(F)CNCc1cc(-c2cccs2)cs1. The zero-order valence-corrected chi connectivity index (χ0v) is 10.1. The molecule has 86 valence electrons. The molecule has 0 unspecified atom stereocenters. The monoisotopic (exact) mass is 259 g/mol.